The molecular weight excluding hydrogens is 388 g/mol. The Morgan fingerprint density at radius 3 is 2.54 bits per heavy atom. The minimum Gasteiger partial charge on any atom is -0.497 e. The van der Waals surface area contributed by atoms with Gasteiger partial charge >= 0.3 is 0 Å². The third kappa shape index (κ3) is 4.18. The topological polar surface area (TPSA) is 41.6 Å². The molecular formula is C18H21BrN2O2S. The molecule has 1 aliphatic heterocycles. The van der Waals surface area contributed by atoms with E-state index in [4.69, 9.17) is 4.74 Å². The van der Waals surface area contributed by atoms with E-state index in [0.29, 0.717) is 6.54 Å². The number of carbonyl (C=O) groups excluding carboxylic acids is 1. The number of likely N-dealkylation sites (tertiary alicyclic amines) is 1. The summed E-state index contributed by atoms with van der Waals surface area (Å²) in [6, 6.07) is 12.1. The zero-order chi connectivity index (χ0) is 16.9. The van der Waals surface area contributed by atoms with Crippen LogP contribution in [-0.4, -0.2) is 37.6 Å². The summed E-state index contributed by atoms with van der Waals surface area (Å²) in [4.78, 5) is 15.5. The van der Waals surface area contributed by atoms with Gasteiger partial charge in [-0.3, -0.25) is 9.69 Å². The Bertz CT molecular complexity index is 681. The average molecular weight is 409 g/mol. The van der Waals surface area contributed by atoms with Crippen molar-refractivity contribution in [1.29, 1.82) is 0 Å². The molecule has 24 heavy (non-hydrogen) atoms. The van der Waals surface area contributed by atoms with E-state index in [9.17, 15) is 4.79 Å². The van der Waals surface area contributed by atoms with E-state index in [1.807, 2.05) is 24.3 Å². The highest BCUT2D eigenvalue weighted by Crippen LogP contribution is 2.27. The average Bonchev–Trinajstić information content (AvgIpc) is 3.27. The molecule has 1 saturated heterocycles. The number of rotatable bonds is 6. The van der Waals surface area contributed by atoms with E-state index in [2.05, 4.69) is 38.3 Å². The summed E-state index contributed by atoms with van der Waals surface area (Å²) in [5, 5.41) is 3.09. The Morgan fingerprint density at radius 2 is 1.96 bits per heavy atom. The lowest BCUT2D eigenvalue weighted by molar-refractivity contribution is 0.0942. The van der Waals surface area contributed by atoms with Gasteiger partial charge in [0.05, 0.1) is 21.8 Å². The van der Waals surface area contributed by atoms with Gasteiger partial charge in [0.25, 0.3) is 5.91 Å². The standard InChI is InChI=1S/C18H21BrN2O2S/c1-23-14-6-4-13(5-7-14)15(21-10-2-3-11-21)12-20-18(22)16-8-9-17(19)24-16/h4-9,15H,2-3,10-12H2,1H3,(H,20,22)/t15-/m1/s1. The molecule has 1 N–H and O–H groups in total. The molecule has 0 aliphatic carbocycles. The van der Waals surface area contributed by atoms with Crippen LogP contribution < -0.4 is 10.1 Å². The van der Waals surface area contributed by atoms with Gasteiger partial charge in [-0.1, -0.05) is 12.1 Å². The molecule has 1 amide bonds. The van der Waals surface area contributed by atoms with E-state index >= 15 is 0 Å². The Morgan fingerprint density at radius 1 is 1.25 bits per heavy atom. The molecule has 3 rings (SSSR count). The zero-order valence-corrected chi connectivity index (χ0v) is 16.0. The summed E-state index contributed by atoms with van der Waals surface area (Å²) in [6.07, 6.45) is 2.44. The Hall–Kier alpha value is -1.37. The maximum absolute atomic E-state index is 12.3. The first-order chi connectivity index (χ1) is 11.7. The molecule has 0 bridgehead atoms. The minimum atomic E-state index is -0.0107. The third-order valence-electron chi connectivity index (χ3n) is 4.33. The van der Waals surface area contributed by atoms with Gasteiger partial charge < -0.3 is 10.1 Å². The number of methoxy groups -OCH3 is 1. The Balaban J connectivity index is 1.71. The number of thiophene rings is 1. The molecule has 0 spiro atoms. The number of hydrogen-bond donors (Lipinski definition) is 1. The molecule has 2 aromatic rings. The predicted octanol–water partition coefficient (Wildman–Crippen LogP) is 4.09. The maximum Gasteiger partial charge on any atom is 0.261 e. The fourth-order valence-electron chi connectivity index (χ4n) is 3.05. The molecule has 1 aromatic carbocycles. The number of amides is 1. The monoisotopic (exact) mass is 408 g/mol. The minimum absolute atomic E-state index is 0.0107. The van der Waals surface area contributed by atoms with Crippen LogP contribution in [0.5, 0.6) is 5.75 Å². The number of nitrogens with zero attached hydrogens (tertiary/aromatic N) is 1. The van der Waals surface area contributed by atoms with Gasteiger partial charge in [0.15, 0.2) is 0 Å². The highest BCUT2D eigenvalue weighted by atomic mass is 79.9. The molecule has 2 heterocycles. The first-order valence-corrected chi connectivity index (χ1v) is 9.70. The summed E-state index contributed by atoms with van der Waals surface area (Å²) in [5.74, 6) is 0.842. The second-order valence-electron chi connectivity index (χ2n) is 5.85. The number of hydrogen-bond acceptors (Lipinski definition) is 4. The van der Waals surface area contributed by atoms with E-state index in [1.54, 1.807) is 7.11 Å². The number of benzene rings is 1. The van der Waals surface area contributed by atoms with Crippen molar-refractivity contribution in [2.75, 3.05) is 26.7 Å². The van der Waals surface area contributed by atoms with Gasteiger partial charge in [0, 0.05) is 6.54 Å². The summed E-state index contributed by atoms with van der Waals surface area (Å²) in [6.45, 7) is 2.77. The van der Waals surface area contributed by atoms with Crippen LogP contribution in [0.1, 0.15) is 34.1 Å². The fraction of sp³-hybridized carbons (Fsp3) is 0.389. The molecule has 0 saturated carbocycles. The van der Waals surface area contributed by atoms with Crippen molar-refractivity contribution in [3.63, 3.8) is 0 Å². The quantitative estimate of drug-likeness (QED) is 0.782. The van der Waals surface area contributed by atoms with Gasteiger partial charge in [-0.2, -0.15) is 0 Å². The van der Waals surface area contributed by atoms with E-state index in [0.717, 1.165) is 27.5 Å². The van der Waals surface area contributed by atoms with Crippen LogP contribution in [0.15, 0.2) is 40.2 Å². The first kappa shape index (κ1) is 17.5. The summed E-state index contributed by atoms with van der Waals surface area (Å²) in [5.41, 5.74) is 1.21. The normalized spacial score (nSPS) is 16.1. The van der Waals surface area contributed by atoms with Crippen LogP contribution in [0, 0.1) is 0 Å². The van der Waals surface area contributed by atoms with Gasteiger partial charge in [0.2, 0.25) is 0 Å². The smallest absolute Gasteiger partial charge is 0.261 e. The molecule has 0 radical (unpaired) electrons. The molecule has 4 nitrogen and oxygen atoms in total. The van der Waals surface area contributed by atoms with Gasteiger partial charge in [-0.15, -0.1) is 11.3 Å². The van der Waals surface area contributed by atoms with Crippen LogP contribution in [0.25, 0.3) is 0 Å². The number of ether oxygens (including phenoxy) is 1. The summed E-state index contributed by atoms with van der Waals surface area (Å²) >= 11 is 4.86. The highest BCUT2D eigenvalue weighted by molar-refractivity contribution is 9.11. The van der Waals surface area contributed by atoms with Crippen molar-refractivity contribution in [3.8, 4) is 5.75 Å². The second kappa shape index (κ2) is 8.14. The summed E-state index contributed by atoms with van der Waals surface area (Å²) in [7, 11) is 1.67. The first-order valence-electron chi connectivity index (χ1n) is 8.09. The largest absolute Gasteiger partial charge is 0.497 e. The van der Waals surface area contributed by atoms with Crippen LogP contribution in [0.2, 0.25) is 0 Å². The van der Waals surface area contributed by atoms with Crippen molar-refractivity contribution in [3.05, 3.63) is 50.6 Å². The zero-order valence-electron chi connectivity index (χ0n) is 13.6. The van der Waals surface area contributed by atoms with Crippen molar-refractivity contribution < 1.29 is 9.53 Å². The molecule has 6 heteroatoms. The van der Waals surface area contributed by atoms with Crippen LogP contribution in [0.3, 0.4) is 0 Å². The molecule has 0 unspecified atom stereocenters. The number of halogens is 1. The maximum atomic E-state index is 12.3. The third-order valence-corrected chi connectivity index (χ3v) is 5.96. The van der Waals surface area contributed by atoms with Crippen LogP contribution >= 0.6 is 27.3 Å². The van der Waals surface area contributed by atoms with Crippen LogP contribution in [-0.2, 0) is 0 Å². The molecule has 1 fully saturated rings. The van der Waals surface area contributed by atoms with Crippen molar-refractivity contribution >= 4 is 33.2 Å². The van der Waals surface area contributed by atoms with E-state index in [-0.39, 0.29) is 11.9 Å². The predicted molar refractivity (Wildman–Crippen MR) is 101 cm³/mol. The summed E-state index contributed by atoms with van der Waals surface area (Å²) < 4.78 is 6.22. The Labute approximate surface area is 154 Å². The Kier molecular flexibility index (Phi) is 5.92. The number of carbonyl (C=O) groups is 1. The van der Waals surface area contributed by atoms with Gasteiger partial charge in [0.1, 0.15) is 5.75 Å². The second-order valence-corrected chi connectivity index (χ2v) is 8.31. The fourth-order valence-corrected chi connectivity index (χ4v) is 4.35. The molecule has 1 atom stereocenters. The van der Waals surface area contributed by atoms with E-state index in [1.165, 1.54) is 29.7 Å². The lowest BCUT2D eigenvalue weighted by Crippen LogP contribution is -2.36. The molecule has 128 valence electrons. The van der Waals surface area contributed by atoms with Crippen LogP contribution in [0.4, 0.5) is 0 Å². The van der Waals surface area contributed by atoms with Gasteiger partial charge in [-0.25, -0.2) is 0 Å². The lowest BCUT2D eigenvalue weighted by Gasteiger charge is -2.28. The number of nitrogens with one attached hydrogen (secondary N) is 1. The SMILES string of the molecule is COc1ccc([C@@H](CNC(=O)c2ccc(Br)s2)N2CCCC2)cc1. The lowest BCUT2D eigenvalue weighted by atomic mass is 10.1. The van der Waals surface area contributed by atoms with Crippen molar-refractivity contribution in [2.24, 2.45) is 0 Å². The van der Waals surface area contributed by atoms with Gasteiger partial charge in [-0.05, 0) is 71.7 Å². The van der Waals surface area contributed by atoms with Crippen molar-refractivity contribution in [2.45, 2.75) is 18.9 Å². The highest BCUT2D eigenvalue weighted by Gasteiger charge is 2.24. The molecule has 1 aliphatic rings. The van der Waals surface area contributed by atoms with E-state index < -0.39 is 0 Å². The van der Waals surface area contributed by atoms with Crippen molar-refractivity contribution in [1.82, 2.24) is 10.2 Å². The molecule has 1 aromatic heterocycles.